The summed E-state index contributed by atoms with van der Waals surface area (Å²) in [4.78, 5) is 9.15. The van der Waals surface area contributed by atoms with E-state index in [9.17, 15) is 0 Å². The minimum Gasteiger partial charge on any atom is -0.340 e. The summed E-state index contributed by atoms with van der Waals surface area (Å²) in [5.74, 6) is 0.951. The van der Waals surface area contributed by atoms with Gasteiger partial charge < -0.3 is 5.32 Å². The lowest BCUT2D eigenvalue weighted by Crippen LogP contribution is -2.32. The van der Waals surface area contributed by atoms with Gasteiger partial charge in [0.05, 0.1) is 0 Å². The first-order valence-electron chi connectivity index (χ1n) is 10.0. The van der Waals surface area contributed by atoms with Crippen LogP contribution in [0, 0.1) is 0 Å². The van der Waals surface area contributed by atoms with E-state index in [2.05, 4.69) is 59.0 Å². The lowest BCUT2D eigenvalue weighted by molar-refractivity contribution is 0.284. The Morgan fingerprint density at radius 1 is 1.15 bits per heavy atom. The maximum absolute atomic E-state index is 4.76. The number of aryl methyl sites for hydroxylation is 1. The molecule has 1 aromatic heterocycles. The molecule has 144 valence electrons. The van der Waals surface area contributed by atoms with E-state index in [1.54, 1.807) is 10.5 Å². The van der Waals surface area contributed by atoms with Gasteiger partial charge in [-0.15, -0.1) is 0 Å². The molecule has 3 aliphatic heterocycles. The first-order chi connectivity index (χ1) is 13.0. The van der Waals surface area contributed by atoms with Crippen molar-refractivity contribution in [1.82, 2.24) is 9.88 Å². The molecule has 3 nitrogen and oxygen atoms in total. The molecule has 0 amide bonds. The number of nitrogens with one attached hydrogen (secondary N) is 1. The van der Waals surface area contributed by atoms with E-state index < -0.39 is 10.0 Å². The van der Waals surface area contributed by atoms with E-state index in [0.29, 0.717) is 0 Å². The van der Waals surface area contributed by atoms with Gasteiger partial charge in [0.2, 0.25) is 0 Å². The maximum atomic E-state index is 4.76. The maximum Gasteiger partial charge on any atom is 0.137 e. The second kappa shape index (κ2) is 7.69. The number of fused-ring (bicyclic) bond motifs is 1. The van der Waals surface area contributed by atoms with Crippen LogP contribution in [0.15, 0.2) is 52.4 Å². The summed E-state index contributed by atoms with van der Waals surface area (Å²) >= 11 is 0. The van der Waals surface area contributed by atoms with Gasteiger partial charge in [0.15, 0.2) is 0 Å². The van der Waals surface area contributed by atoms with Crippen molar-refractivity contribution in [3.8, 4) is 0 Å². The zero-order valence-electron chi connectivity index (χ0n) is 16.6. The number of nitrogens with zero attached hydrogens (tertiary/aromatic N) is 2. The lowest BCUT2D eigenvalue weighted by atomic mass is 10.1. The molecule has 4 heterocycles. The Labute approximate surface area is 165 Å². The summed E-state index contributed by atoms with van der Waals surface area (Å²) in [7, 11) is -0.590. The fraction of sp³-hybridized carbons (Fsp3) is 0.435. The first-order valence-corrected chi connectivity index (χ1v) is 12.5. The number of unbranched alkanes of at least 4 members (excludes halogenated alkanes) is 2. The molecule has 3 aliphatic rings. The molecule has 0 saturated carbocycles. The molecule has 0 aromatic carbocycles. The van der Waals surface area contributed by atoms with Gasteiger partial charge in [-0.25, -0.2) is 15.0 Å². The number of hydrogen-bond acceptors (Lipinski definition) is 3. The Kier molecular flexibility index (Phi) is 5.29. The molecule has 0 saturated heterocycles. The molecule has 1 aromatic rings. The minimum absolute atomic E-state index is 0.590. The van der Waals surface area contributed by atoms with E-state index in [-0.39, 0.29) is 0 Å². The molecule has 0 bridgehead atoms. The van der Waals surface area contributed by atoms with Crippen molar-refractivity contribution in [1.29, 1.82) is 0 Å². The average molecular weight is 382 g/mol. The molecule has 0 spiro atoms. The molecule has 0 radical (unpaired) electrons. The number of rotatable bonds is 6. The third-order valence-electron chi connectivity index (χ3n) is 5.79. The van der Waals surface area contributed by atoms with Crippen molar-refractivity contribution in [2.24, 2.45) is 0 Å². The van der Waals surface area contributed by atoms with Gasteiger partial charge >= 0.3 is 0 Å². The highest BCUT2D eigenvalue weighted by Crippen LogP contribution is 2.57. The van der Waals surface area contributed by atoms with E-state index in [1.807, 2.05) is 6.08 Å². The fourth-order valence-electron chi connectivity index (χ4n) is 4.19. The smallest absolute Gasteiger partial charge is 0.137 e. The normalized spacial score (nSPS) is 21.8. The predicted molar refractivity (Wildman–Crippen MR) is 120 cm³/mol. The third kappa shape index (κ3) is 4.22. The Balaban J connectivity index is 1.20. The topological polar surface area (TPSA) is 28.2 Å². The van der Waals surface area contributed by atoms with Crippen LogP contribution in [0.5, 0.6) is 0 Å². The zero-order chi connectivity index (χ0) is 18.9. The molecule has 0 aliphatic carbocycles. The monoisotopic (exact) mass is 381 g/mol. The molecule has 27 heavy (non-hydrogen) atoms. The van der Waals surface area contributed by atoms with Gasteiger partial charge in [-0.2, -0.15) is 0 Å². The molecular weight excluding hydrogens is 350 g/mol. The summed E-state index contributed by atoms with van der Waals surface area (Å²) in [6.07, 6.45) is 17.4. The van der Waals surface area contributed by atoms with Crippen LogP contribution in [0.2, 0.25) is 0 Å². The lowest BCUT2D eigenvalue weighted by Gasteiger charge is -2.34. The van der Waals surface area contributed by atoms with Crippen LogP contribution in [0.1, 0.15) is 36.9 Å². The molecule has 0 fully saturated rings. The number of pyridine rings is 1. The number of allylic oxidation sites excluding steroid dienone is 1. The molecular formula is C23H31N3S. The Hall–Kier alpha value is -1.78. The summed E-state index contributed by atoms with van der Waals surface area (Å²) < 4.78 is 0. The third-order valence-corrected chi connectivity index (χ3v) is 8.34. The summed E-state index contributed by atoms with van der Waals surface area (Å²) in [5.41, 5.74) is 4.85. The summed E-state index contributed by atoms with van der Waals surface area (Å²) in [6, 6.07) is 4.32. The van der Waals surface area contributed by atoms with Crippen LogP contribution in [0.3, 0.4) is 0 Å². The molecule has 0 unspecified atom stereocenters. The Morgan fingerprint density at radius 2 is 2.04 bits per heavy atom. The van der Waals surface area contributed by atoms with Gasteiger partial charge in [-0.05, 0) is 84.9 Å². The quantitative estimate of drug-likeness (QED) is 0.678. The molecule has 4 heteroatoms. The second-order valence-electron chi connectivity index (χ2n) is 8.22. The molecule has 0 atom stereocenters. The van der Waals surface area contributed by atoms with Crippen molar-refractivity contribution < 1.29 is 0 Å². The summed E-state index contributed by atoms with van der Waals surface area (Å²) in [5, 5.41) is 5.73. The van der Waals surface area contributed by atoms with Crippen LogP contribution >= 0.6 is 10.0 Å². The first kappa shape index (κ1) is 18.6. The van der Waals surface area contributed by atoms with Crippen molar-refractivity contribution in [3.05, 3.63) is 63.7 Å². The fourth-order valence-corrected chi connectivity index (χ4v) is 6.28. The predicted octanol–water partition coefficient (Wildman–Crippen LogP) is 5.30. The largest absolute Gasteiger partial charge is 0.340 e. The van der Waals surface area contributed by atoms with Crippen LogP contribution in [0.4, 0.5) is 5.82 Å². The van der Waals surface area contributed by atoms with Gasteiger partial charge in [0.1, 0.15) is 5.82 Å². The second-order valence-corrected chi connectivity index (χ2v) is 11.8. The number of aromatic nitrogens is 1. The molecule has 1 N–H and O–H groups in total. The van der Waals surface area contributed by atoms with Crippen LogP contribution in [-0.4, -0.2) is 42.0 Å². The van der Waals surface area contributed by atoms with Crippen molar-refractivity contribution in [2.75, 3.05) is 37.5 Å². The standard InChI is InChI=1S/C23H31N3S/c1-18-8-9-19-10-11-21(25-23(19)24-18)7-5-4-6-14-26-15-12-22-20(17-26)13-16-27(22,2)3/h8-11,13,16H,1,4-7,12,14-15,17H2,2-3H3,(H,24,25). The van der Waals surface area contributed by atoms with Gasteiger partial charge in [-0.3, -0.25) is 4.90 Å². The SMILES string of the molecule is C=C1C=Cc2ccc(CCCCCN3CCC4=C(C=CS4(C)C)C3)nc2N1. The highest BCUT2D eigenvalue weighted by Gasteiger charge is 2.27. The van der Waals surface area contributed by atoms with E-state index in [4.69, 9.17) is 4.98 Å². The Morgan fingerprint density at radius 3 is 2.93 bits per heavy atom. The van der Waals surface area contributed by atoms with E-state index in [1.165, 1.54) is 44.5 Å². The average Bonchev–Trinajstić information content (AvgIpc) is 2.95. The van der Waals surface area contributed by atoms with Gasteiger partial charge in [0.25, 0.3) is 0 Å². The summed E-state index contributed by atoms with van der Waals surface area (Å²) in [6.45, 7) is 7.59. The highest BCUT2D eigenvalue weighted by molar-refractivity contribution is 8.38. The van der Waals surface area contributed by atoms with E-state index >= 15 is 0 Å². The Bertz CT molecular complexity index is 832. The van der Waals surface area contributed by atoms with Crippen molar-refractivity contribution >= 4 is 21.9 Å². The van der Waals surface area contributed by atoms with Crippen LogP contribution in [0.25, 0.3) is 6.08 Å². The van der Waals surface area contributed by atoms with Gasteiger partial charge in [-0.1, -0.05) is 19.1 Å². The van der Waals surface area contributed by atoms with Crippen molar-refractivity contribution in [2.45, 2.75) is 32.1 Å². The van der Waals surface area contributed by atoms with Crippen LogP contribution < -0.4 is 5.32 Å². The number of anilines is 1. The number of hydrogen-bond donors (Lipinski definition) is 1. The van der Waals surface area contributed by atoms with Gasteiger partial charge in [0, 0.05) is 30.0 Å². The zero-order valence-corrected chi connectivity index (χ0v) is 17.4. The van der Waals surface area contributed by atoms with Crippen molar-refractivity contribution in [3.63, 3.8) is 0 Å². The highest BCUT2D eigenvalue weighted by atomic mass is 32.3. The minimum atomic E-state index is -0.590. The van der Waals surface area contributed by atoms with Crippen LogP contribution in [-0.2, 0) is 6.42 Å². The van der Waals surface area contributed by atoms with E-state index in [0.717, 1.165) is 30.0 Å². The molecule has 4 rings (SSSR count).